The van der Waals surface area contributed by atoms with Gasteiger partial charge in [-0.15, -0.1) is 0 Å². The first kappa shape index (κ1) is 20.3. The first-order chi connectivity index (χ1) is 13.7. The summed E-state index contributed by atoms with van der Waals surface area (Å²) in [7, 11) is 1.21. The lowest BCUT2D eigenvalue weighted by Crippen LogP contribution is -2.30. The Balaban J connectivity index is 1.85. The van der Waals surface area contributed by atoms with Gasteiger partial charge in [0.2, 0.25) is 0 Å². The summed E-state index contributed by atoms with van der Waals surface area (Å²) in [5, 5.41) is 17.3. The summed E-state index contributed by atoms with van der Waals surface area (Å²) in [6.07, 6.45) is 0.796. The van der Waals surface area contributed by atoms with Crippen LogP contribution in [0.2, 0.25) is 0 Å². The molecule has 8 heteroatoms. The normalized spacial score (nSPS) is 16.6. The maximum atomic E-state index is 12.2. The summed E-state index contributed by atoms with van der Waals surface area (Å²) in [5.74, 6) is -1.19. The van der Waals surface area contributed by atoms with E-state index in [0.29, 0.717) is 5.69 Å². The van der Waals surface area contributed by atoms with Gasteiger partial charge in [-0.2, -0.15) is 0 Å². The fourth-order valence-electron chi connectivity index (χ4n) is 3.74. The number of hydrogen-bond donors (Lipinski definition) is 2. The Labute approximate surface area is 168 Å². The molecule has 2 aromatic rings. The van der Waals surface area contributed by atoms with Gasteiger partial charge in [0.05, 0.1) is 18.1 Å². The molecule has 1 amide bonds. The molecule has 1 atom stereocenters. The van der Waals surface area contributed by atoms with Crippen LogP contribution in [0.4, 0.5) is 11.4 Å². The van der Waals surface area contributed by atoms with Gasteiger partial charge >= 0.3 is 5.97 Å². The Hall–Kier alpha value is -3.42. The molecule has 0 spiro atoms. The molecular weight excluding hydrogens is 374 g/mol. The second-order valence-corrected chi connectivity index (χ2v) is 7.62. The molecule has 2 aromatic carbocycles. The quantitative estimate of drug-likeness (QED) is 0.439. The SMILES string of the molecule is COC(=O)CNC(=O)c1ccc(NC2CC(C)(C)c3ccccc32)c([N+](=O)[O-])c1. The van der Waals surface area contributed by atoms with Crippen molar-refractivity contribution in [3.63, 3.8) is 0 Å². The van der Waals surface area contributed by atoms with E-state index in [1.54, 1.807) is 0 Å². The van der Waals surface area contributed by atoms with Crippen LogP contribution in [-0.4, -0.2) is 30.5 Å². The van der Waals surface area contributed by atoms with Gasteiger partial charge < -0.3 is 15.4 Å². The Bertz CT molecular complexity index is 971. The fourth-order valence-corrected chi connectivity index (χ4v) is 3.74. The summed E-state index contributed by atoms with van der Waals surface area (Å²) in [6, 6.07) is 12.2. The fraction of sp³-hybridized carbons (Fsp3) is 0.333. The van der Waals surface area contributed by atoms with Gasteiger partial charge in [0.25, 0.3) is 11.6 Å². The highest BCUT2D eigenvalue weighted by Gasteiger charge is 2.37. The van der Waals surface area contributed by atoms with Crippen LogP contribution >= 0.6 is 0 Å². The number of nitrogens with one attached hydrogen (secondary N) is 2. The van der Waals surface area contributed by atoms with Crippen molar-refractivity contribution in [3.05, 3.63) is 69.3 Å². The number of benzene rings is 2. The number of hydrogen-bond acceptors (Lipinski definition) is 6. The molecule has 0 aliphatic heterocycles. The van der Waals surface area contributed by atoms with Crippen molar-refractivity contribution in [1.82, 2.24) is 5.32 Å². The second-order valence-electron chi connectivity index (χ2n) is 7.62. The molecule has 0 saturated carbocycles. The van der Waals surface area contributed by atoms with Crippen LogP contribution in [0, 0.1) is 10.1 Å². The van der Waals surface area contributed by atoms with Crippen molar-refractivity contribution < 1.29 is 19.2 Å². The Kier molecular flexibility index (Phi) is 5.54. The number of nitro benzene ring substituents is 1. The number of methoxy groups -OCH3 is 1. The number of nitrogens with zero attached hydrogens (tertiary/aromatic N) is 1. The van der Waals surface area contributed by atoms with Gasteiger partial charge in [-0.3, -0.25) is 19.7 Å². The van der Waals surface area contributed by atoms with E-state index in [4.69, 9.17) is 0 Å². The first-order valence-electron chi connectivity index (χ1n) is 9.22. The highest BCUT2D eigenvalue weighted by atomic mass is 16.6. The average Bonchev–Trinajstić information content (AvgIpc) is 2.96. The molecule has 1 unspecified atom stereocenters. The molecule has 0 radical (unpaired) electrons. The van der Waals surface area contributed by atoms with E-state index < -0.39 is 16.8 Å². The van der Waals surface area contributed by atoms with E-state index in [0.717, 1.165) is 12.0 Å². The van der Waals surface area contributed by atoms with Gasteiger partial charge in [0.1, 0.15) is 12.2 Å². The topological polar surface area (TPSA) is 111 Å². The van der Waals surface area contributed by atoms with E-state index >= 15 is 0 Å². The van der Waals surface area contributed by atoms with Crippen LogP contribution in [0.5, 0.6) is 0 Å². The number of anilines is 1. The van der Waals surface area contributed by atoms with Crippen molar-refractivity contribution in [2.75, 3.05) is 19.0 Å². The van der Waals surface area contributed by atoms with Crippen LogP contribution in [0.15, 0.2) is 42.5 Å². The molecule has 0 aromatic heterocycles. The number of nitro groups is 1. The zero-order valence-electron chi connectivity index (χ0n) is 16.5. The molecule has 1 aliphatic rings. The lowest BCUT2D eigenvalue weighted by molar-refractivity contribution is -0.384. The van der Waals surface area contributed by atoms with Gasteiger partial charge in [-0.1, -0.05) is 38.1 Å². The van der Waals surface area contributed by atoms with Crippen LogP contribution in [0.25, 0.3) is 0 Å². The molecule has 29 heavy (non-hydrogen) atoms. The van der Waals surface area contributed by atoms with E-state index in [9.17, 15) is 19.7 Å². The summed E-state index contributed by atoms with van der Waals surface area (Å²) >= 11 is 0. The number of carbonyl (C=O) groups excluding carboxylic acids is 2. The third-order valence-electron chi connectivity index (χ3n) is 5.19. The second kappa shape index (κ2) is 7.90. The van der Waals surface area contributed by atoms with Gasteiger partial charge in [-0.05, 0) is 35.1 Å². The highest BCUT2D eigenvalue weighted by Crippen LogP contribution is 2.46. The first-order valence-corrected chi connectivity index (χ1v) is 9.22. The Morgan fingerprint density at radius 3 is 2.66 bits per heavy atom. The summed E-state index contributed by atoms with van der Waals surface area (Å²) in [4.78, 5) is 34.4. The average molecular weight is 397 g/mol. The van der Waals surface area contributed by atoms with Crippen LogP contribution < -0.4 is 10.6 Å². The largest absolute Gasteiger partial charge is 0.468 e. The number of fused-ring (bicyclic) bond motifs is 1. The molecule has 3 rings (SSSR count). The lowest BCUT2D eigenvalue weighted by Gasteiger charge is -2.20. The number of ether oxygens (including phenoxy) is 1. The highest BCUT2D eigenvalue weighted by molar-refractivity contribution is 5.97. The molecular formula is C21H23N3O5. The van der Waals surface area contributed by atoms with E-state index in [2.05, 4.69) is 35.3 Å². The van der Waals surface area contributed by atoms with E-state index in [-0.39, 0.29) is 29.3 Å². The molecule has 8 nitrogen and oxygen atoms in total. The molecule has 152 valence electrons. The molecule has 0 heterocycles. The minimum atomic E-state index is -0.603. The Morgan fingerprint density at radius 1 is 1.24 bits per heavy atom. The summed E-state index contributed by atoms with van der Waals surface area (Å²) in [6.45, 7) is 3.99. The van der Waals surface area contributed by atoms with Crippen LogP contribution in [-0.2, 0) is 14.9 Å². The number of amides is 1. The van der Waals surface area contributed by atoms with Crippen molar-refractivity contribution in [3.8, 4) is 0 Å². The third kappa shape index (κ3) is 4.21. The lowest BCUT2D eigenvalue weighted by atomic mass is 9.86. The van der Waals surface area contributed by atoms with Gasteiger partial charge in [0.15, 0.2) is 0 Å². The maximum absolute atomic E-state index is 12.2. The monoisotopic (exact) mass is 397 g/mol. The van der Waals surface area contributed by atoms with Gasteiger partial charge in [0, 0.05) is 11.6 Å². The minimum absolute atomic E-state index is 0.0449. The predicted molar refractivity (Wildman–Crippen MR) is 108 cm³/mol. The van der Waals surface area contributed by atoms with Gasteiger partial charge in [-0.25, -0.2) is 0 Å². The van der Waals surface area contributed by atoms with Crippen molar-refractivity contribution in [2.24, 2.45) is 0 Å². The Morgan fingerprint density at radius 2 is 1.97 bits per heavy atom. The molecule has 2 N–H and O–H groups in total. The maximum Gasteiger partial charge on any atom is 0.325 e. The standard InChI is InChI=1S/C21H23N3O5/c1-21(2)11-17(14-6-4-5-7-15(14)21)23-16-9-8-13(10-18(16)24(27)28)20(26)22-12-19(25)29-3/h4-10,17,23H,11-12H2,1-3H3,(H,22,26). The third-order valence-corrected chi connectivity index (χ3v) is 5.19. The van der Waals surface area contributed by atoms with Crippen molar-refractivity contribution >= 4 is 23.3 Å². The van der Waals surface area contributed by atoms with E-state index in [1.807, 2.05) is 18.2 Å². The van der Waals surface area contributed by atoms with E-state index in [1.165, 1.54) is 30.9 Å². The molecule has 0 saturated heterocycles. The molecule has 0 fully saturated rings. The van der Waals surface area contributed by atoms with Crippen molar-refractivity contribution in [2.45, 2.75) is 31.7 Å². The molecule has 1 aliphatic carbocycles. The zero-order chi connectivity index (χ0) is 21.2. The predicted octanol–water partition coefficient (Wildman–Crippen LogP) is 3.33. The summed E-state index contributed by atoms with van der Waals surface area (Å²) < 4.78 is 4.47. The number of rotatable bonds is 6. The minimum Gasteiger partial charge on any atom is -0.468 e. The van der Waals surface area contributed by atoms with Crippen LogP contribution in [0.3, 0.4) is 0 Å². The molecule has 0 bridgehead atoms. The number of carbonyl (C=O) groups is 2. The van der Waals surface area contributed by atoms with Crippen LogP contribution in [0.1, 0.15) is 47.8 Å². The number of esters is 1. The zero-order valence-corrected chi connectivity index (χ0v) is 16.5. The van der Waals surface area contributed by atoms with Crippen molar-refractivity contribution in [1.29, 1.82) is 0 Å². The summed E-state index contributed by atoms with van der Waals surface area (Å²) in [5.41, 5.74) is 2.54. The smallest absolute Gasteiger partial charge is 0.325 e.